The number of benzene rings is 1. The van der Waals surface area contributed by atoms with Gasteiger partial charge in [0.1, 0.15) is 6.04 Å². The van der Waals surface area contributed by atoms with Gasteiger partial charge in [-0.1, -0.05) is 25.1 Å². The van der Waals surface area contributed by atoms with Crippen molar-refractivity contribution in [2.24, 2.45) is 0 Å². The minimum atomic E-state index is -0.325. The van der Waals surface area contributed by atoms with Crippen molar-refractivity contribution in [1.29, 1.82) is 0 Å². The van der Waals surface area contributed by atoms with Crippen LogP contribution in [0.3, 0.4) is 0 Å². The zero-order valence-electron chi connectivity index (χ0n) is 12.7. The van der Waals surface area contributed by atoms with Crippen LogP contribution in [0.15, 0.2) is 18.2 Å². The largest absolute Gasteiger partial charge is 0.350 e. The third kappa shape index (κ3) is 3.13. The fourth-order valence-electron chi connectivity index (χ4n) is 2.87. The molecule has 1 unspecified atom stereocenters. The lowest BCUT2D eigenvalue weighted by Gasteiger charge is -2.22. The van der Waals surface area contributed by atoms with E-state index in [1.54, 1.807) is 16.7 Å². The van der Waals surface area contributed by atoms with E-state index in [2.05, 4.69) is 28.8 Å². The molecule has 2 aliphatic rings. The molecule has 2 heterocycles. The van der Waals surface area contributed by atoms with Crippen LogP contribution in [0.4, 0.5) is 0 Å². The van der Waals surface area contributed by atoms with E-state index in [-0.39, 0.29) is 17.9 Å². The number of fused-ring (bicyclic) bond motifs is 1. The van der Waals surface area contributed by atoms with Crippen molar-refractivity contribution in [1.82, 2.24) is 15.5 Å². The Morgan fingerprint density at radius 2 is 2.18 bits per heavy atom. The number of nitrogens with zero attached hydrogens (tertiary/aromatic N) is 1. The second kappa shape index (κ2) is 6.71. The molecule has 0 aromatic heterocycles. The number of nitrogens with one attached hydrogen (secondary N) is 2. The predicted molar refractivity (Wildman–Crippen MR) is 87.1 cm³/mol. The van der Waals surface area contributed by atoms with E-state index in [4.69, 9.17) is 0 Å². The molecule has 2 aliphatic heterocycles. The minimum absolute atomic E-state index is 0.0498. The highest BCUT2D eigenvalue weighted by Gasteiger charge is 2.33. The predicted octanol–water partition coefficient (Wildman–Crippen LogP) is 1.22. The highest BCUT2D eigenvalue weighted by atomic mass is 32.2. The fourth-order valence-corrected chi connectivity index (χ4v) is 4.05. The summed E-state index contributed by atoms with van der Waals surface area (Å²) in [5.74, 6) is 1.31. The summed E-state index contributed by atoms with van der Waals surface area (Å²) in [6.07, 6.45) is 0.447. The smallest absolute Gasteiger partial charge is 0.243 e. The molecule has 2 amide bonds. The minimum Gasteiger partial charge on any atom is -0.350 e. The summed E-state index contributed by atoms with van der Waals surface area (Å²) in [6.45, 7) is 4.17. The van der Waals surface area contributed by atoms with Crippen molar-refractivity contribution in [3.63, 3.8) is 0 Å². The lowest BCUT2D eigenvalue weighted by molar-refractivity contribution is -0.137. The maximum atomic E-state index is 12.4. The third-order valence-electron chi connectivity index (χ3n) is 4.18. The van der Waals surface area contributed by atoms with Gasteiger partial charge in [-0.2, -0.15) is 0 Å². The molecular weight excluding hydrogens is 298 g/mol. The number of rotatable bonds is 4. The SMILES string of the molecule is CCC(=O)N1CSCC1C(=O)NCc1ccc2c(c1)CNC2. The molecule has 0 aliphatic carbocycles. The number of carbonyl (C=O) groups excluding carboxylic acids is 2. The summed E-state index contributed by atoms with van der Waals surface area (Å²) >= 11 is 1.64. The number of hydrogen-bond donors (Lipinski definition) is 2. The van der Waals surface area contributed by atoms with Gasteiger partial charge >= 0.3 is 0 Å². The zero-order chi connectivity index (χ0) is 15.5. The Morgan fingerprint density at radius 1 is 1.36 bits per heavy atom. The van der Waals surface area contributed by atoms with E-state index < -0.39 is 0 Å². The number of thioether (sulfide) groups is 1. The maximum absolute atomic E-state index is 12.4. The van der Waals surface area contributed by atoms with Gasteiger partial charge < -0.3 is 15.5 Å². The second-order valence-corrected chi connectivity index (χ2v) is 6.66. The van der Waals surface area contributed by atoms with Gasteiger partial charge in [-0.3, -0.25) is 9.59 Å². The molecule has 2 N–H and O–H groups in total. The molecular formula is C16H21N3O2S. The van der Waals surface area contributed by atoms with Gasteiger partial charge in [0.15, 0.2) is 0 Å². The van der Waals surface area contributed by atoms with Gasteiger partial charge in [-0.15, -0.1) is 11.8 Å². The van der Waals surface area contributed by atoms with E-state index in [0.29, 0.717) is 24.6 Å². The molecule has 5 nitrogen and oxygen atoms in total. The Bertz CT molecular complexity index is 591. The summed E-state index contributed by atoms with van der Waals surface area (Å²) < 4.78 is 0. The van der Waals surface area contributed by atoms with Crippen molar-refractivity contribution in [2.45, 2.75) is 39.0 Å². The van der Waals surface area contributed by atoms with Crippen LogP contribution in [0.2, 0.25) is 0 Å². The first-order valence-corrected chi connectivity index (χ1v) is 8.81. The molecule has 1 fully saturated rings. The van der Waals surface area contributed by atoms with Crippen LogP contribution in [0.5, 0.6) is 0 Å². The Morgan fingerprint density at radius 3 is 3.00 bits per heavy atom. The molecule has 1 atom stereocenters. The van der Waals surface area contributed by atoms with Crippen LogP contribution >= 0.6 is 11.8 Å². The molecule has 0 bridgehead atoms. The summed E-state index contributed by atoms with van der Waals surface area (Å²) in [7, 11) is 0. The normalized spacial score (nSPS) is 20.0. The quantitative estimate of drug-likeness (QED) is 0.876. The first-order valence-electron chi connectivity index (χ1n) is 7.65. The van der Waals surface area contributed by atoms with E-state index in [0.717, 1.165) is 18.7 Å². The molecule has 0 radical (unpaired) electrons. The Kier molecular flexibility index (Phi) is 4.69. The molecule has 1 aromatic carbocycles. The summed E-state index contributed by atoms with van der Waals surface area (Å²) in [5, 5.41) is 6.29. The summed E-state index contributed by atoms with van der Waals surface area (Å²) in [6, 6.07) is 6.00. The van der Waals surface area contributed by atoms with Crippen molar-refractivity contribution in [3.05, 3.63) is 34.9 Å². The topological polar surface area (TPSA) is 61.4 Å². The zero-order valence-corrected chi connectivity index (χ0v) is 13.5. The van der Waals surface area contributed by atoms with Gasteiger partial charge in [0.05, 0.1) is 5.88 Å². The van der Waals surface area contributed by atoms with Crippen LogP contribution in [-0.2, 0) is 29.2 Å². The molecule has 0 spiro atoms. The van der Waals surface area contributed by atoms with E-state index in [1.165, 1.54) is 11.1 Å². The third-order valence-corrected chi connectivity index (χ3v) is 5.19. The highest BCUT2D eigenvalue weighted by molar-refractivity contribution is 7.99. The molecule has 1 aromatic rings. The molecule has 118 valence electrons. The Hall–Kier alpha value is -1.53. The first-order chi connectivity index (χ1) is 10.7. The van der Waals surface area contributed by atoms with Crippen LogP contribution in [-0.4, -0.2) is 34.4 Å². The van der Waals surface area contributed by atoms with Crippen LogP contribution in [0.25, 0.3) is 0 Å². The summed E-state index contributed by atoms with van der Waals surface area (Å²) in [4.78, 5) is 25.9. The van der Waals surface area contributed by atoms with Gasteiger partial charge in [0.2, 0.25) is 11.8 Å². The lowest BCUT2D eigenvalue weighted by atomic mass is 10.1. The van der Waals surface area contributed by atoms with Crippen LogP contribution < -0.4 is 10.6 Å². The van der Waals surface area contributed by atoms with E-state index in [9.17, 15) is 9.59 Å². The molecule has 22 heavy (non-hydrogen) atoms. The molecule has 3 rings (SSSR count). The van der Waals surface area contributed by atoms with Crippen LogP contribution in [0.1, 0.15) is 30.0 Å². The summed E-state index contributed by atoms with van der Waals surface area (Å²) in [5.41, 5.74) is 3.75. The lowest BCUT2D eigenvalue weighted by Crippen LogP contribution is -2.46. The molecule has 0 saturated carbocycles. The fraction of sp³-hybridized carbons (Fsp3) is 0.500. The average molecular weight is 319 g/mol. The van der Waals surface area contributed by atoms with Gasteiger partial charge in [-0.05, 0) is 16.7 Å². The van der Waals surface area contributed by atoms with Crippen LogP contribution in [0, 0.1) is 0 Å². The second-order valence-electron chi connectivity index (χ2n) is 5.66. The number of carbonyl (C=O) groups is 2. The average Bonchev–Trinajstić information content (AvgIpc) is 3.19. The van der Waals surface area contributed by atoms with Gasteiger partial charge in [0.25, 0.3) is 0 Å². The van der Waals surface area contributed by atoms with Crippen molar-refractivity contribution in [2.75, 3.05) is 11.6 Å². The standard InChI is InChI=1S/C16H21N3O2S/c1-2-15(20)19-10-22-9-14(19)16(21)18-6-11-3-4-12-7-17-8-13(12)5-11/h3-5,14,17H,2,6-10H2,1H3,(H,18,21). The number of amides is 2. The monoisotopic (exact) mass is 319 g/mol. The number of hydrogen-bond acceptors (Lipinski definition) is 4. The molecule has 1 saturated heterocycles. The van der Waals surface area contributed by atoms with E-state index in [1.807, 2.05) is 6.92 Å². The van der Waals surface area contributed by atoms with Crippen molar-refractivity contribution < 1.29 is 9.59 Å². The van der Waals surface area contributed by atoms with Crippen molar-refractivity contribution >= 4 is 23.6 Å². The van der Waals surface area contributed by atoms with Gasteiger partial charge in [0, 0.05) is 31.8 Å². The molecule has 6 heteroatoms. The highest BCUT2D eigenvalue weighted by Crippen LogP contribution is 2.22. The Labute approximate surface area is 134 Å². The van der Waals surface area contributed by atoms with Gasteiger partial charge in [-0.25, -0.2) is 0 Å². The first kappa shape index (κ1) is 15.4. The van der Waals surface area contributed by atoms with Crippen molar-refractivity contribution in [3.8, 4) is 0 Å². The Balaban J connectivity index is 1.59. The van der Waals surface area contributed by atoms with E-state index >= 15 is 0 Å². The maximum Gasteiger partial charge on any atom is 0.243 e.